The third kappa shape index (κ3) is 1.83. The summed E-state index contributed by atoms with van der Waals surface area (Å²) in [5.74, 6) is 0. The third-order valence-electron chi connectivity index (χ3n) is 3.07. The maximum Gasteiger partial charge on any atom is 0.0503 e. The second-order valence-electron chi connectivity index (χ2n) is 4.15. The van der Waals surface area contributed by atoms with Gasteiger partial charge < -0.3 is 10.1 Å². The molecule has 0 radical (unpaired) electrons. The van der Waals surface area contributed by atoms with Gasteiger partial charge in [0.15, 0.2) is 0 Å². The number of hydrogen-bond acceptors (Lipinski definition) is 1. The van der Waals surface area contributed by atoms with Crippen LogP contribution in [0.3, 0.4) is 0 Å². The zero-order valence-electron chi connectivity index (χ0n) is 9.60. The molecule has 0 atom stereocenters. The number of aromatic nitrogens is 1. The van der Waals surface area contributed by atoms with Crippen LogP contribution in [0.4, 0.5) is 0 Å². The van der Waals surface area contributed by atoms with Crippen LogP contribution < -0.4 is 0 Å². The first-order chi connectivity index (χ1) is 7.65. The van der Waals surface area contributed by atoms with E-state index in [4.69, 9.17) is 16.7 Å². The minimum absolute atomic E-state index is 0.235. The molecule has 2 nitrogen and oxygen atoms in total. The van der Waals surface area contributed by atoms with E-state index in [1.165, 1.54) is 16.6 Å². The van der Waals surface area contributed by atoms with Crippen molar-refractivity contribution in [3.63, 3.8) is 0 Å². The van der Waals surface area contributed by atoms with Crippen molar-refractivity contribution in [3.8, 4) is 0 Å². The number of halogens is 1. The van der Waals surface area contributed by atoms with Crippen molar-refractivity contribution in [1.82, 2.24) is 4.98 Å². The molecule has 0 aliphatic carbocycles. The van der Waals surface area contributed by atoms with Gasteiger partial charge in [-0.05, 0) is 43.9 Å². The van der Waals surface area contributed by atoms with Gasteiger partial charge in [0.2, 0.25) is 0 Å². The number of aliphatic hydroxyl groups excluding tert-OH is 1. The van der Waals surface area contributed by atoms with Crippen LogP contribution in [0.2, 0.25) is 5.02 Å². The fourth-order valence-corrected chi connectivity index (χ4v) is 2.30. The van der Waals surface area contributed by atoms with Gasteiger partial charge in [-0.1, -0.05) is 17.7 Å². The lowest BCUT2D eigenvalue weighted by molar-refractivity contribution is 0.288. The van der Waals surface area contributed by atoms with Crippen LogP contribution in [0.15, 0.2) is 12.1 Å². The van der Waals surface area contributed by atoms with E-state index in [1.54, 1.807) is 0 Å². The van der Waals surface area contributed by atoms with Crippen LogP contribution >= 0.6 is 11.6 Å². The highest BCUT2D eigenvalue weighted by Gasteiger charge is 2.11. The van der Waals surface area contributed by atoms with E-state index < -0.39 is 0 Å². The predicted octanol–water partition coefficient (Wildman–Crippen LogP) is 3.36. The van der Waals surface area contributed by atoms with E-state index in [0.29, 0.717) is 0 Å². The Morgan fingerprint density at radius 2 is 2.06 bits per heavy atom. The topological polar surface area (TPSA) is 36.0 Å². The molecule has 0 aliphatic heterocycles. The molecule has 2 N–H and O–H groups in total. The van der Waals surface area contributed by atoms with Crippen molar-refractivity contribution in [3.05, 3.63) is 34.0 Å². The minimum atomic E-state index is 0.235. The Labute approximate surface area is 100 Å². The van der Waals surface area contributed by atoms with Gasteiger partial charge in [-0.2, -0.15) is 0 Å². The molecule has 1 aromatic heterocycles. The minimum Gasteiger partial charge on any atom is -0.396 e. The Bertz CT molecular complexity index is 516. The van der Waals surface area contributed by atoms with Crippen molar-refractivity contribution in [1.29, 1.82) is 0 Å². The van der Waals surface area contributed by atoms with Crippen molar-refractivity contribution in [2.24, 2.45) is 0 Å². The molecule has 0 fully saturated rings. The number of aliphatic hydroxyl groups is 1. The van der Waals surface area contributed by atoms with E-state index in [2.05, 4.69) is 18.0 Å². The van der Waals surface area contributed by atoms with Gasteiger partial charge in [-0.15, -0.1) is 0 Å². The largest absolute Gasteiger partial charge is 0.396 e. The monoisotopic (exact) mass is 237 g/mol. The van der Waals surface area contributed by atoms with Crippen molar-refractivity contribution in [2.45, 2.75) is 26.7 Å². The Morgan fingerprint density at radius 1 is 1.31 bits per heavy atom. The second-order valence-corrected chi connectivity index (χ2v) is 4.56. The van der Waals surface area contributed by atoms with Crippen molar-refractivity contribution in [2.75, 3.05) is 6.61 Å². The van der Waals surface area contributed by atoms with Gasteiger partial charge in [-0.3, -0.25) is 0 Å². The van der Waals surface area contributed by atoms with Crippen LogP contribution in [0, 0.1) is 13.8 Å². The van der Waals surface area contributed by atoms with Gasteiger partial charge in [0.25, 0.3) is 0 Å². The molecule has 0 unspecified atom stereocenters. The first kappa shape index (κ1) is 11.5. The summed E-state index contributed by atoms with van der Waals surface area (Å²) in [6.45, 7) is 4.33. The zero-order chi connectivity index (χ0) is 11.7. The maximum absolute atomic E-state index is 8.90. The molecule has 3 heteroatoms. The number of nitrogens with one attached hydrogen (secondary N) is 1. The molecular weight excluding hydrogens is 222 g/mol. The SMILES string of the molecule is Cc1[nH]c2c(C)c(Cl)ccc2c1CCCO. The van der Waals surface area contributed by atoms with Crippen molar-refractivity contribution < 1.29 is 5.11 Å². The number of hydrogen-bond donors (Lipinski definition) is 2. The predicted molar refractivity (Wildman–Crippen MR) is 68.2 cm³/mol. The van der Waals surface area contributed by atoms with Gasteiger partial charge in [0.1, 0.15) is 0 Å². The van der Waals surface area contributed by atoms with Crippen LogP contribution in [0.5, 0.6) is 0 Å². The lowest BCUT2D eigenvalue weighted by Gasteiger charge is -2.01. The normalized spacial score (nSPS) is 11.2. The molecule has 1 aromatic carbocycles. The average molecular weight is 238 g/mol. The Balaban J connectivity index is 2.58. The summed E-state index contributed by atoms with van der Waals surface area (Å²) in [5, 5.41) is 10.9. The molecule has 0 saturated carbocycles. The smallest absolute Gasteiger partial charge is 0.0503 e. The number of rotatable bonds is 3. The summed E-state index contributed by atoms with van der Waals surface area (Å²) in [7, 11) is 0. The Kier molecular flexibility index (Phi) is 3.22. The van der Waals surface area contributed by atoms with Gasteiger partial charge in [-0.25, -0.2) is 0 Å². The first-order valence-electron chi connectivity index (χ1n) is 5.52. The Morgan fingerprint density at radius 3 is 2.75 bits per heavy atom. The summed E-state index contributed by atoms with van der Waals surface area (Å²) in [6, 6.07) is 4.00. The molecule has 86 valence electrons. The van der Waals surface area contributed by atoms with E-state index in [-0.39, 0.29) is 6.61 Å². The average Bonchev–Trinajstić information content (AvgIpc) is 2.58. The molecule has 2 rings (SSSR count). The third-order valence-corrected chi connectivity index (χ3v) is 3.48. The van der Waals surface area contributed by atoms with Gasteiger partial charge in [0.05, 0.1) is 5.52 Å². The Hall–Kier alpha value is -0.990. The van der Waals surface area contributed by atoms with Gasteiger partial charge >= 0.3 is 0 Å². The molecule has 0 bridgehead atoms. The quantitative estimate of drug-likeness (QED) is 0.844. The first-order valence-corrected chi connectivity index (χ1v) is 5.90. The highest BCUT2D eigenvalue weighted by Crippen LogP contribution is 2.29. The zero-order valence-corrected chi connectivity index (χ0v) is 10.4. The highest BCUT2D eigenvalue weighted by molar-refractivity contribution is 6.32. The molecule has 0 spiro atoms. The van der Waals surface area contributed by atoms with E-state index in [1.807, 2.05) is 13.0 Å². The van der Waals surface area contributed by atoms with Gasteiger partial charge in [0, 0.05) is 22.7 Å². The van der Waals surface area contributed by atoms with Crippen LogP contribution in [0.25, 0.3) is 10.9 Å². The maximum atomic E-state index is 8.90. The van der Waals surface area contributed by atoms with E-state index in [0.717, 1.165) is 28.9 Å². The molecule has 16 heavy (non-hydrogen) atoms. The number of aromatic amines is 1. The van der Waals surface area contributed by atoms with Crippen LogP contribution in [-0.4, -0.2) is 16.7 Å². The molecule has 0 saturated heterocycles. The van der Waals surface area contributed by atoms with Crippen LogP contribution in [-0.2, 0) is 6.42 Å². The number of H-pyrrole nitrogens is 1. The van der Waals surface area contributed by atoms with E-state index >= 15 is 0 Å². The molecular formula is C13H16ClNO. The number of benzene rings is 1. The lowest BCUT2D eigenvalue weighted by atomic mass is 10.0. The summed E-state index contributed by atoms with van der Waals surface area (Å²) >= 11 is 6.09. The molecule has 1 heterocycles. The molecule has 0 amide bonds. The summed E-state index contributed by atoms with van der Waals surface area (Å²) in [6.07, 6.45) is 1.71. The fourth-order valence-electron chi connectivity index (χ4n) is 2.14. The number of aryl methyl sites for hydroxylation is 3. The summed E-state index contributed by atoms with van der Waals surface area (Å²) in [4.78, 5) is 3.38. The number of fused-ring (bicyclic) bond motifs is 1. The standard InChI is InChI=1S/C13H16ClNO/c1-8-12(14)6-5-11-10(4-3-7-16)9(2)15-13(8)11/h5-6,15-16H,3-4,7H2,1-2H3. The molecule has 0 aliphatic rings. The summed E-state index contributed by atoms with van der Waals surface area (Å²) in [5.41, 5.74) is 4.69. The summed E-state index contributed by atoms with van der Waals surface area (Å²) < 4.78 is 0. The fraction of sp³-hybridized carbons (Fsp3) is 0.385. The molecule has 2 aromatic rings. The lowest BCUT2D eigenvalue weighted by Crippen LogP contribution is -1.90. The second kappa shape index (κ2) is 4.48. The van der Waals surface area contributed by atoms with Crippen LogP contribution in [0.1, 0.15) is 23.2 Å². The van der Waals surface area contributed by atoms with E-state index in [9.17, 15) is 0 Å². The van der Waals surface area contributed by atoms with Crippen molar-refractivity contribution >= 4 is 22.5 Å². The highest BCUT2D eigenvalue weighted by atomic mass is 35.5.